The minimum absolute atomic E-state index is 0.406. The summed E-state index contributed by atoms with van der Waals surface area (Å²) >= 11 is 3.33. The smallest absolute Gasteiger partial charge is 0.320 e. The molecule has 94 valence electrons. The van der Waals surface area contributed by atoms with Gasteiger partial charge in [0.2, 0.25) is 11.6 Å². The van der Waals surface area contributed by atoms with Crippen LogP contribution in [0, 0.1) is 16.2 Å². The molecule has 0 spiro atoms. The molecule has 0 aromatic heterocycles. The van der Waals surface area contributed by atoms with Gasteiger partial charge in [-0.1, -0.05) is 29.8 Å². The standard InChI is InChI=1S/C12H15BrO4/c1-10(2)11(6-13)4-5-12(10,9(16)17-3)8(15)7(11)14/h4-6H2,1-3H3/t11-,12-/m1/s1. The first-order valence-corrected chi connectivity index (χ1v) is 6.67. The summed E-state index contributed by atoms with van der Waals surface area (Å²) in [5.74, 6) is -1.56. The van der Waals surface area contributed by atoms with E-state index in [1.807, 2.05) is 13.8 Å². The van der Waals surface area contributed by atoms with Crippen LogP contribution in [0.1, 0.15) is 26.7 Å². The van der Waals surface area contributed by atoms with Crippen molar-refractivity contribution in [1.82, 2.24) is 0 Å². The number of halogens is 1. The fourth-order valence-electron chi connectivity index (χ4n) is 3.56. The van der Waals surface area contributed by atoms with E-state index in [9.17, 15) is 14.4 Å². The zero-order valence-corrected chi connectivity index (χ0v) is 11.7. The Morgan fingerprint density at radius 1 is 1.29 bits per heavy atom. The molecule has 0 aromatic carbocycles. The second-order valence-corrected chi connectivity index (χ2v) is 5.96. The quantitative estimate of drug-likeness (QED) is 0.336. The van der Waals surface area contributed by atoms with Gasteiger partial charge in [0.1, 0.15) is 5.41 Å². The molecule has 0 heterocycles. The van der Waals surface area contributed by atoms with E-state index in [0.29, 0.717) is 18.2 Å². The van der Waals surface area contributed by atoms with Gasteiger partial charge >= 0.3 is 5.97 Å². The van der Waals surface area contributed by atoms with Gasteiger partial charge in [-0.15, -0.1) is 0 Å². The fourth-order valence-corrected chi connectivity index (χ4v) is 4.79. The van der Waals surface area contributed by atoms with E-state index >= 15 is 0 Å². The minimum atomic E-state index is -1.27. The van der Waals surface area contributed by atoms with Crippen molar-refractivity contribution < 1.29 is 19.1 Å². The summed E-state index contributed by atoms with van der Waals surface area (Å²) < 4.78 is 4.77. The fraction of sp³-hybridized carbons (Fsp3) is 0.750. The Morgan fingerprint density at radius 2 is 1.88 bits per heavy atom. The summed E-state index contributed by atoms with van der Waals surface area (Å²) in [5, 5.41) is 0.413. The van der Waals surface area contributed by atoms with E-state index < -0.39 is 33.8 Å². The lowest BCUT2D eigenvalue weighted by Crippen LogP contribution is -2.45. The maximum atomic E-state index is 12.2. The second kappa shape index (κ2) is 3.40. The first-order valence-electron chi connectivity index (χ1n) is 5.55. The zero-order valence-electron chi connectivity index (χ0n) is 10.1. The van der Waals surface area contributed by atoms with Gasteiger partial charge in [-0.2, -0.15) is 0 Å². The number of hydrogen-bond donors (Lipinski definition) is 0. The number of esters is 1. The number of methoxy groups -OCH3 is 1. The Balaban J connectivity index is 2.68. The molecule has 0 unspecified atom stereocenters. The summed E-state index contributed by atoms with van der Waals surface area (Å²) in [6.07, 6.45) is 0.966. The normalized spacial score (nSPS) is 38.6. The monoisotopic (exact) mass is 302 g/mol. The molecule has 0 amide bonds. The van der Waals surface area contributed by atoms with Crippen LogP contribution in [-0.2, 0) is 19.1 Å². The highest BCUT2D eigenvalue weighted by molar-refractivity contribution is 9.09. The van der Waals surface area contributed by atoms with E-state index in [0.717, 1.165) is 0 Å². The number of Topliss-reactive ketones (excluding diaryl/α,β-unsaturated/α-hetero) is 2. The van der Waals surface area contributed by atoms with Gasteiger partial charge in [0.25, 0.3) is 0 Å². The van der Waals surface area contributed by atoms with E-state index in [2.05, 4.69) is 15.9 Å². The summed E-state index contributed by atoms with van der Waals surface area (Å²) in [6.45, 7) is 3.64. The number of alkyl halides is 1. The van der Waals surface area contributed by atoms with Gasteiger partial charge in [-0.25, -0.2) is 0 Å². The molecule has 5 heteroatoms. The molecule has 0 aromatic rings. The maximum Gasteiger partial charge on any atom is 0.320 e. The van der Waals surface area contributed by atoms with E-state index in [-0.39, 0.29) is 0 Å². The first-order chi connectivity index (χ1) is 7.81. The minimum Gasteiger partial charge on any atom is -0.468 e. The molecule has 2 aliphatic rings. The molecule has 2 aliphatic carbocycles. The SMILES string of the molecule is COC(=O)[C@@]12CC[C@@](CBr)(C(=O)C1=O)C2(C)C. The van der Waals surface area contributed by atoms with Gasteiger partial charge < -0.3 is 4.74 Å². The number of carbonyl (C=O) groups is 3. The van der Waals surface area contributed by atoms with Crippen molar-refractivity contribution in [2.75, 3.05) is 12.4 Å². The van der Waals surface area contributed by atoms with Crippen molar-refractivity contribution in [3.63, 3.8) is 0 Å². The predicted molar refractivity (Wildman–Crippen MR) is 63.7 cm³/mol. The van der Waals surface area contributed by atoms with E-state index in [1.54, 1.807) is 0 Å². The molecule has 2 bridgehead atoms. The van der Waals surface area contributed by atoms with Crippen LogP contribution in [0.4, 0.5) is 0 Å². The van der Waals surface area contributed by atoms with Crippen LogP contribution in [0.2, 0.25) is 0 Å². The van der Waals surface area contributed by atoms with Crippen molar-refractivity contribution in [3.8, 4) is 0 Å². The van der Waals surface area contributed by atoms with Crippen LogP contribution in [0.25, 0.3) is 0 Å². The number of ketones is 2. The number of ether oxygens (including phenoxy) is 1. The number of hydrogen-bond acceptors (Lipinski definition) is 4. The van der Waals surface area contributed by atoms with Crippen molar-refractivity contribution >= 4 is 33.5 Å². The lowest BCUT2D eigenvalue weighted by atomic mass is 9.65. The summed E-state index contributed by atoms with van der Waals surface area (Å²) in [7, 11) is 1.26. The summed E-state index contributed by atoms with van der Waals surface area (Å²) in [4.78, 5) is 36.4. The predicted octanol–water partition coefficient (Wildman–Crippen LogP) is 1.50. The topological polar surface area (TPSA) is 60.4 Å². The van der Waals surface area contributed by atoms with E-state index in [4.69, 9.17) is 4.74 Å². The maximum absolute atomic E-state index is 12.2. The molecule has 4 nitrogen and oxygen atoms in total. The molecule has 2 atom stereocenters. The lowest BCUT2D eigenvalue weighted by Gasteiger charge is -2.37. The van der Waals surface area contributed by atoms with Crippen LogP contribution < -0.4 is 0 Å². The van der Waals surface area contributed by atoms with E-state index in [1.165, 1.54) is 7.11 Å². The van der Waals surface area contributed by atoms with Gasteiger partial charge in [0.05, 0.1) is 12.5 Å². The summed E-state index contributed by atoms with van der Waals surface area (Å²) in [5.41, 5.74) is -2.71. The number of carbonyl (C=O) groups excluding carboxylic acids is 3. The Morgan fingerprint density at radius 3 is 2.29 bits per heavy atom. The molecular formula is C12H15BrO4. The average Bonchev–Trinajstić information content (AvgIpc) is 2.61. The van der Waals surface area contributed by atoms with Crippen molar-refractivity contribution in [1.29, 1.82) is 0 Å². The van der Waals surface area contributed by atoms with Crippen molar-refractivity contribution in [3.05, 3.63) is 0 Å². The molecule has 0 aliphatic heterocycles. The number of rotatable bonds is 2. The largest absolute Gasteiger partial charge is 0.468 e. The second-order valence-electron chi connectivity index (χ2n) is 5.40. The Hall–Kier alpha value is -0.710. The van der Waals surface area contributed by atoms with Crippen LogP contribution in [0.3, 0.4) is 0 Å². The van der Waals surface area contributed by atoms with Crippen molar-refractivity contribution in [2.24, 2.45) is 16.2 Å². The third kappa shape index (κ3) is 1.03. The van der Waals surface area contributed by atoms with Gasteiger partial charge in [0.15, 0.2) is 0 Å². The van der Waals surface area contributed by atoms with Crippen LogP contribution in [0.5, 0.6) is 0 Å². The first kappa shape index (κ1) is 12.7. The third-order valence-corrected chi connectivity index (χ3v) is 5.94. The molecule has 17 heavy (non-hydrogen) atoms. The lowest BCUT2D eigenvalue weighted by molar-refractivity contribution is -0.163. The molecule has 2 fully saturated rings. The van der Waals surface area contributed by atoms with Crippen LogP contribution in [0.15, 0.2) is 0 Å². The Labute approximate surface area is 108 Å². The molecule has 0 saturated heterocycles. The Bertz CT molecular complexity index is 428. The molecule has 2 rings (SSSR count). The van der Waals surface area contributed by atoms with Crippen LogP contribution >= 0.6 is 15.9 Å². The zero-order chi connectivity index (χ0) is 13.1. The van der Waals surface area contributed by atoms with Crippen LogP contribution in [-0.4, -0.2) is 30.0 Å². The highest BCUT2D eigenvalue weighted by Crippen LogP contribution is 2.69. The molecular weight excluding hydrogens is 288 g/mol. The molecule has 0 N–H and O–H groups in total. The molecule has 0 radical (unpaired) electrons. The third-order valence-electron chi connectivity index (χ3n) is 4.98. The Kier molecular flexibility index (Phi) is 2.55. The number of fused-ring (bicyclic) bond motifs is 2. The van der Waals surface area contributed by atoms with Crippen molar-refractivity contribution in [2.45, 2.75) is 26.7 Å². The van der Waals surface area contributed by atoms with Gasteiger partial charge in [0, 0.05) is 10.7 Å². The highest BCUT2D eigenvalue weighted by Gasteiger charge is 2.79. The van der Waals surface area contributed by atoms with Gasteiger partial charge in [-0.05, 0) is 12.8 Å². The van der Waals surface area contributed by atoms with Gasteiger partial charge in [-0.3, -0.25) is 14.4 Å². The molecule has 2 saturated carbocycles. The summed E-state index contributed by atoms with van der Waals surface area (Å²) in [6, 6.07) is 0. The average molecular weight is 303 g/mol. The highest BCUT2D eigenvalue weighted by atomic mass is 79.9.